The van der Waals surface area contributed by atoms with Gasteiger partial charge in [0.15, 0.2) is 5.78 Å². The molecular formula is C28H27N3O4S. The predicted octanol–water partition coefficient (Wildman–Crippen LogP) is 4.96. The highest BCUT2D eigenvalue weighted by Crippen LogP contribution is 2.34. The van der Waals surface area contributed by atoms with Crippen LogP contribution in [0.5, 0.6) is 0 Å². The summed E-state index contributed by atoms with van der Waals surface area (Å²) in [4.78, 5) is 54.5. The molecule has 5 rings (SSSR count). The number of para-hydroxylation sites is 1. The van der Waals surface area contributed by atoms with Gasteiger partial charge in [-0.05, 0) is 50.1 Å². The SMILES string of the molecule is C[C@@H]1CCCCN1C(=O)Cn1cc(/C=C2\SC(=O)N(CC(=O)c3ccccc3)C2=O)c2ccccc21. The van der Waals surface area contributed by atoms with Crippen LogP contribution in [0.15, 0.2) is 65.7 Å². The van der Waals surface area contributed by atoms with Crippen molar-refractivity contribution in [3.63, 3.8) is 0 Å². The van der Waals surface area contributed by atoms with Crippen molar-refractivity contribution in [2.45, 2.75) is 38.8 Å². The van der Waals surface area contributed by atoms with Crippen LogP contribution in [0.2, 0.25) is 0 Å². The predicted molar refractivity (Wildman–Crippen MR) is 140 cm³/mol. The fourth-order valence-corrected chi connectivity index (χ4v) is 5.69. The summed E-state index contributed by atoms with van der Waals surface area (Å²) < 4.78 is 1.91. The molecule has 0 bridgehead atoms. The first-order valence-electron chi connectivity index (χ1n) is 12.1. The highest BCUT2D eigenvalue weighted by atomic mass is 32.2. The number of benzene rings is 2. The van der Waals surface area contributed by atoms with Gasteiger partial charge in [0.1, 0.15) is 6.54 Å². The molecule has 0 unspecified atom stereocenters. The number of aromatic nitrogens is 1. The Kier molecular flexibility index (Phi) is 6.78. The van der Waals surface area contributed by atoms with Gasteiger partial charge in [-0.3, -0.25) is 24.1 Å². The summed E-state index contributed by atoms with van der Waals surface area (Å²) in [5.74, 6) is -0.695. The second kappa shape index (κ2) is 10.1. The standard InChI is InChI=1S/C28H27N3O4S/c1-19-9-7-8-14-30(19)26(33)18-29-16-21(22-12-5-6-13-23(22)29)15-25-27(34)31(28(35)36-25)17-24(32)20-10-3-2-4-11-20/h2-6,10-13,15-16,19H,7-9,14,17-18H2,1H3/b25-15-/t19-/m1/s1. The Morgan fingerprint density at radius 1 is 1.00 bits per heavy atom. The van der Waals surface area contributed by atoms with Crippen molar-refractivity contribution in [2.75, 3.05) is 13.1 Å². The molecule has 2 aliphatic rings. The molecular weight excluding hydrogens is 474 g/mol. The first-order chi connectivity index (χ1) is 17.4. The van der Waals surface area contributed by atoms with Gasteiger partial charge in [-0.2, -0.15) is 0 Å². The van der Waals surface area contributed by atoms with Gasteiger partial charge < -0.3 is 9.47 Å². The molecule has 184 valence electrons. The van der Waals surface area contributed by atoms with Crippen molar-refractivity contribution >= 4 is 51.6 Å². The van der Waals surface area contributed by atoms with Crippen LogP contribution in [-0.4, -0.2) is 56.3 Å². The summed E-state index contributed by atoms with van der Waals surface area (Å²) in [6.07, 6.45) is 6.74. The normalized spacial score (nSPS) is 19.5. The molecule has 2 aromatic carbocycles. The van der Waals surface area contributed by atoms with E-state index in [1.807, 2.05) is 39.9 Å². The number of rotatable bonds is 6. The number of amides is 3. The number of hydrogen-bond donors (Lipinski definition) is 0. The van der Waals surface area contributed by atoms with E-state index in [0.717, 1.165) is 58.9 Å². The number of imide groups is 1. The van der Waals surface area contributed by atoms with Crippen LogP contribution >= 0.6 is 11.8 Å². The molecule has 36 heavy (non-hydrogen) atoms. The lowest BCUT2D eigenvalue weighted by Crippen LogP contribution is -2.43. The molecule has 0 spiro atoms. The molecule has 3 amide bonds. The van der Waals surface area contributed by atoms with Crippen molar-refractivity contribution in [3.8, 4) is 0 Å². The number of nitrogens with zero attached hydrogens (tertiary/aromatic N) is 3. The number of fused-ring (bicyclic) bond motifs is 1. The Morgan fingerprint density at radius 2 is 1.75 bits per heavy atom. The maximum atomic E-state index is 13.1. The smallest absolute Gasteiger partial charge is 0.293 e. The number of ketones is 1. The molecule has 2 fully saturated rings. The molecule has 3 heterocycles. The van der Waals surface area contributed by atoms with Crippen LogP contribution in [-0.2, 0) is 16.1 Å². The first kappa shape index (κ1) is 24.1. The van der Waals surface area contributed by atoms with Gasteiger partial charge >= 0.3 is 0 Å². The Hall–Kier alpha value is -3.65. The molecule has 8 heteroatoms. The summed E-state index contributed by atoms with van der Waals surface area (Å²) in [5.41, 5.74) is 2.10. The molecule has 0 aliphatic carbocycles. The quantitative estimate of drug-likeness (QED) is 0.352. The van der Waals surface area contributed by atoms with E-state index in [0.29, 0.717) is 5.56 Å². The molecule has 0 saturated carbocycles. The highest BCUT2D eigenvalue weighted by Gasteiger charge is 2.36. The number of Topliss-reactive ketones (excluding diaryl/α,β-unsaturated/α-hetero) is 1. The average molecular weight is 502 g/mol. The van der Waals surface area contributed by atoms with Crippen molar-refractivity contribution < 1.29 is 19.2 Å². The second-order valence-corrected chi connectivity index (χ2v) is 10.2. The van der Waals surface area contributed by atoms with E-state index in [-0.39, 0.29) is 35.7 Å². The van der Waals surface area contributed by atoms with Crippen molar-refractivity contribution in [1.29, 1.82) is 0 Å². The second-order valence-electron chi connectivity index (χ2n) is 9.22. The number of hydrogen-bond acceptors (Lipinski definition) is 5. The van der Waals surface area contributed by atoms with E-state index >= 15 is 0 Å². The minimum Gasteiger partial charge on any atom is -0.338 e. The van der Waals surface area contributed by atoms with E-state index in [1.165, 1.54) is 0 Å². The fraction of sp³-hybridized carbons (Fsp3) is 0.286. The van der Waals surface area contributed by atoms with Gasteiger partial charge in [-0.1, -0.05) is 48.5 Å². The summed E-state index contributed by atoms with van der Waals surface area (Å²) in [6, 6.07) is 16.6. The van der Waals surface area contributed by atoms with Gasteiger partial charge in [0.25, 0.3) is 11.1 Å². The lowest BCUT2D eigenvalue weighted by molar-refractivity contribution is -0.135. The summed E-state index contributed by atoms with van der Waals surface area (Å²) in [6.45, 7) is 2.79. The molecule has 0 radical (unpaired) electrons. The van der Waals surface area contributed by atoms with Crippen LogP contribution in [0.1, 0.15) is 42.1 Å². The van der Waals surface area contributed by atoms with Gasteiger partial charge in [-0.15, -0.1) is 0 Å². The van der Waals surface area contributed by atoms with Crippen LogP contribution in [0.4, 0.5) is 4.79 Å². The van der Waals surface area contributed by atoms with Gasteiger partial charge in [0.05, 0.1) is 11.4 Å². The van der Waals surface area contributed by atoms with E-state index in [9.17, 15) is 19.2 Å². The molecule has 2 saturated heterocycles. The Morgan fingerprint density at radius 3 is 2.53 bits per heavy atom. The monoisotopic (exact) mass is 501 g/mol. The minimum atomic E-state index is -0.482. The zero-order valence-electron chi connectivity index (χ0n) is 20.1. The number of piperidine rings is 1. The van der Waals surface area contributed by atoms with Gasteiger partial charge in [0, 0.05) is 40.8 Å². The van der Waals surface area contributed by atoms with Crippen LogP contribution in [0.25, 0.3) is 17.0 Å². The minimum absolute atomic E-state index is 0.0780. The number of thioether (sulfide) groups is 1. The molecule has 1 aromatic heterocycles. The third kappa shape index (κ3) is 4.73. The number of carbonyl (C=O) groups is 4. The first-order valence-corrected chi connectivity index (χ1v) is 12.9. The van der Waals surface area contributed by atoms with Crippen molar-refractivity contribution in [2.24, 2.45) is 0 Å². The van der Waals surface area contributed by atoms with Crippen molar-refractivity contribution in [1.82, 2.24) is 14.4 Å². The summed E-state index contributed by atoms with van der Waals surface area (Å²) >= 11 is 0.830. The van der Waals surface area contributed by atoms with Crippen molar-refractivity contribution in [3.05, 3.63) is 76.8 Å². The zero-order chi connectivity index (χ0) is 25.2. The molecule has 1 atom stereocenters. The number of carbonyl (C=O) groups excluding carboxylic acids is 4. The molecule has 0 N–H and O–H groups in total. The molecule has 7 nitrogen and oxygen atoms in total. The lowest BCUT2D eigenvalue weighted by Gasteiger charge is -2.33. The Balaban J connectivity index is 1.39. The largest absolute Gasteiger partial charge is 0.338 e. The maximum Gasteiger partial charge on any atom is 0.293 e. The Bertz CT molecular complexity index is 1380. The van der Waals surface area contributed by atoms with Crippen LogP contribution in [0, 0.1) is 0 Å². The topological polar surface area (TPSA) is 79.7 Å². The fourth-order valence-electron chi connectivity index (χ4n) is 4.86. The van der Waals surface area contributed by atoms with Gasteiger partial charge in [-0.25, -0.2) is 0 Å². The van der Waals surface area contributed by atoms with Crippen LogP contribution < -0.4 is 0 Å². The summed E-state index contributed by atoms with van der Waals surface area (Å²) in [7, 11) is 0. The number of likely N-dealkylation sites (tertiary alicyclic amines) is 1. The third-order valence-corrected chi connectivity index (χ3v) is 7.71. The molecule has 2 aliphatic heterocycles. The average Bonchev–Trinajstić information content (AvgIpc) is 3.36. The van der Waals surface area contributed by atoms with Gasteiger partial charge in [0.2, 0.25) is 5.91 Å². The zero-order valence-corrected chi connectivity index (χ0v) is 20.9. The highest BCUT2D eigenvalue weighted by molar-refractivity contribution is 8.18. The van der Waals surface area contributed by atoms with E-state index in [4.69, 9.17) is 0 Å². The van der Waals surface area contributed by atoms with E-state index in [1.54, 1.807) is 36.4 Å². The third-order valence-electron chi connectivity index (χ3n) is 6.81. The van der Waals surface area contributed by atoms with Crippen LogP contribution in [0.3, 0.4) is 0 Å². The van der Waals surface area contributed by atoms with E-state index < -0.39 is 11.1 Å². The Labute approximate surface area is 213 Å². The maximum absolute atomic E-state index is 13.1. The summed E-state index contributed by atoms with van der Waals surface area (Å²) in [5, 5.41) is 0.428. The molecule has 3 aromatic rings. The van der Waals surface area contributed by atoms with E-state index in [2.05, 4.69) is 6.92 Å². The lowest BCUT2D eigenvalue weighted by atomic mass is 10.0.